The maximum absolute atomic E-state index is 13.1. The van der Waals surface area contributed by atoms with Gasteiger partial charge in [-0.15, -0.1) is 12.4 Å². The number of nitrogens with one attached hydrogen (secondary N) is 1. The number of rotatable bonds is 5. The predicted octanol–water partition coefficient (Wildman–Crippen LogP) is 1.92. The molecule has 3 N–H and O–H groups in total. The molecule has 4 nitrogen and oxygen atoms in total. The second-order valence-corrected chi connectivity index (χ2v) is 6.66. The Balaban J connectivity index is 0.00000180. The Morgan fingerprint density at radius 3 is 2.58 bits per heavy atom. The summed E-state index contributed by atoms with van der Waals surface area (Å²) in [6, 6.07) is 2.99. The molecule has 0 radical (unpaired) electrons. The zero-order valence-corrected chi connectivity index (χ0v) is 12.4. The molecule has 1 saturated carbocycles. The third kappa shape index (κ3) is 4.57. The molecule has 1 aliphatic carbocycles. The van der Waals surface area contributed by atoms with Crippen molar-refractivity contribution in [1.82, 2.24) is 4.72 Å². The second-order valence-electron chi connectivity index (χ2n) is 4.46. The summed E-state index contributed by atoms with van der Waals surface area (Å²) in [6.07, 6.45) is 2.07. The number of sulfonamides is 1. The lowest BCUT2D eigenvalue weighted by molar-refractivity contribution is 0.546. The summed E-state index contributed by atoms with van der Waals surface area (Å²) in [6.45, 7) is 0.154. The van der Waals surface area contributed by atoms with E-state index in [1.54, 1.807) is 0 Å². The minimum absolute atomic E-state index is 0. The van der Waals surface area contributed by atoms with Crippen LogP contribution in [-0.4, -0.2) is 21.0 Å². The van der Waals surface area contributed by atoms with Crippen molar-refractivity contribution in [3.8, 4) is 0 Å². The Morgan fingerprint density at radius 2 is 2.05 bits per heavy atom. The Hall–Kier alpha value is -0.400. The first-order valence-electron chi connectivity index (χ1n) is 5.60. The molecule has 2 rings (SSSR count). The Labute approximate surface area is 123 Å². The minimum Gasteiger partial charge on any atom is -0.326 e. The molecule has 19 heavy (non-hydrogen) atoms. The van der Waals surface area contributed by atoms with Crippen molar-refractivity contribution >= 4 is 34.0 Å². The summed E-state index contributed by atoms with van der Waals surface area (Å²) in [4.78, 5) is -0.185. The fraction of sp³-hybridized carbons (Fsp3) is 0.455. The van der Waals surface area contributed by atoms with Crippen LogP contribution >= 0.6 is 24.0 Å². The third-order valence-corrected chi connectivity index (χ3v) is 4.50. The Kier molecular flexibility index (Phi) is 5.58. The fourth-order valence-electron chi connectivity index (χ4n) is 1.66. The number of nitrogens with two attached hydrogens (primary N) is 1. The molecule has 0 spiro atoms. The summed E-state index contributed by atoms with van der Waals surface area (Å²) in [5.41, 5.74) is 5.80. The Bertz CT molecular complexity index is 529. The largest absolute Gasteiger partial charge is 0.326 e. The fourth-order valence-corrected chi connectivity index (χ4v) is 3.08. The van der Waals surface area contributed by atoms with Gasteiger partial charge in [0.1, 0.15) is 5.82 Å². The highest BCUT2D eigenvalue weighted by atomic mass is 35.5. The first kappa shape index (κ1) is 16.7. The molecular weight excluding hydrogens is 314 g/mol. The van der Waals surface area contributed by atoms with Crippen LogP contribution in [0.25, 0.3) is 0 Å². The highest BCUT2D eigenvalue weighted by Gasteiger charge is 2.29. The van der Waals surface area contributed by atoms with E-state index in [0.29, 0.717) is 5.92 Å². The first-order valence-corrected chi connectivity index (χ1v) is 7.46. The molecule has 1 aromatic carbocycles. The number of benzene rings is 1. The monoisotopic (exact) mass is 328 g/mol. The lowest BCUT2D eigenvalue weighted by Gasteiger charge is -2.12. The quantitative estimate of drug-likeness (QED) is 0.867. The molecule has 0 heterocycles. The van der Waals surface area contributed by atoms with Gasteiger partial charge in [-0.2, -0.15) is 0 Å². The molecule has 0 amide bonds. The number of hydrogen-bond acceptors (Lipinski definition) is 3. The SMILES string of the molecule is Cl.NC(CNS(=O)(=O)c1cc(F)cc(Cl)c1)C1CC1. The maximum Gasteiger partial charge on any atom is 0.240 e. The van der Waals surface area contributed by atoms with Gasteiger partial charge in [-0.1, -0.05) is 11.6 Å². The molecule has 1 atom stereocenters. The van der Waals surface area contributed by atoms with Crippen molar-refractivity contribution in [2.24, 2.45) is 11.7 Å². The van der Waals surface area contributed by atoms with Crippen LogP contribution < -0.4 is 10.5 Å². The molecule has 0 aromatic heterocycles. The van der Waals surface area contributed by atoms with E-state index in [9.17, 15) is 12.8 Å². The summed E-state index contributed by atoms with van der Waals surface area (Å²) in [5.74, 6) is -0.293. The van der Waals surface area contributed by atoms with Crippen LogP contribution in [0.1, 0.15) is 12.8 Å². The molecule has 1 unspecified atom stereocenters. The van der Waals surface area contributed by atoms with E-state index >= 15 is 0 Å². The van der Waals surface area contributed by atoms with Crippen LogP contribution in [-0.2, 0) is 10.0 Å². The molecule has 0 aliphatic heterocycles. The van der Waals surface area contributed by atoms with Gasteiger partial charge in [0.25, 0.3) is 0 Å². The zero-order valence-electron chi connectivity index (χ0n) is 9.97. The van der Waals surface area contributed by atoms with Gasteiger partial charge in [0.2, 0.25) is 10.0 Å². The third-order valence-electron chi connectivity index (χ3n) is 2.88. The molecule has 1 aromatic rings. The van der Waals surface area contributed by atoms with E-state index in [-0.39, 0.29) is 34.9 Å². The van der Waals surface area contributed by atoms with Gasteiger partial charge in [-0.05, 0) is 37.0 Å². The Morgan fingerprint density at radius 1 is 1.42 bits per heavy atom. The zero-order chi connectivity index (χ0) is 13.3. The van der Waals surface area contributed by atoms with Crippen LogP contribution in [0.4, 0.5) is 4.39 Å². The van der Waals surface area contributed by atoms with Gasteiger partial charge in [-0.25, -0.2) is 17.5 Å². The molecule has 1 fully saturated rings. The van der Waals surface area contributed by atoms with Crippen LogP contribution in [0.5, 0.6) is 0 Å². The van der Waals surface area contributed by atoms with Crippen LogP contribution in [0.3, 0.4) is 0 Å². The van der Waals surface area contributed by atoms with Crippen molar-refractivity contribution < 1.29 is 12.8 Å². The average Bonchev–Trinajstić information content (AvgIpc) is 3.08. The topological polar surface area (TPSA) is 72.2 Å². The molecule has 8 heteroatoms. The van der Waals surface area contributed by atoms with Crippen molar-refractivity contribution in [2.45, 2.75) is 23.8 Å². The van der Waals surface area contributed by atoms with Crippen molar-refractivity contribution in [1.29, 1.82) is 0 Å². The van der Waals surface area contributed by atoms with E-state index in [0.717, 1.165) is 25.0 Å². The number of hydrogen-bond donors (Lipinski definition) is 2. The van der Waals surface area contributed by atoms with Gasteiger partial charge in [0.05, 0.1) is 4.90 Å². The van der Waals surface area contributed by atoms with E-state index in [1.165, 1.54) is 6.07 Å². The van der Waals surface area contributed by atoms with Gasteiger partial charge >= 0.3 is 0 Å². The number of halogens is 3. The summed E-state index contributed by atoms with van der Waals surface area (Å²) in [7, 11) is -3.76. The van der Waals surface area contributed by atoms with Crippen LogP contribution in [0, 0.1) is 11.7 Å². The molecule has 0 saturated heterocycles. The summed E-state index contributed by atoms with van der Waals surface area (Å²) < 4.78 is 39.3. The van der Waals surface area contributed by atoms with Crippen molar-refractivity contribution in [2.75, 3.05) is 6.54 Å². The van der Waals surface area contributed by atoms with E-state index in [2.05, 4.69) is 4.72 Å². The van der Waals surface area contributed by atoms with Crippen LogP contribution in [0.15, 0.2) is 23.1 Å². The summed E-state index contributed by atoms with van der Waals surface area (Å²) in [5, 5.41) is 0.0434. The van der Waals surface area contributed by atoms with E-state index < -0.39 is 15.8 Å². The molecular formula is C11H15Cl2FN2O2S. The maximum atomic E-state index is 13.1. The predicted molar refractivity (Wildman–Crippen MR) is 74.5 cm³/mol. The molecule has 0 bridgehead atoms. The smallest absolute Gasteiger partial charge is 0.240 e. The normalized spacial score (nSPS) is 16.8. The lowest BCUT2D eigenvalue weighted by atomic mass is 10.2. The molecule has 1 aliphatic rings. The highest BCUT2D eigenvalue weighted by Crippen LogP contribution is 2.31. The van der Waals surface area contributed by atoms with Gasteiger partial charge in [-0.3, -0.25) is 0 Å². The first-order chi connectivity index (χ1) is 8.38. The van der Waals surface area contributed by atoms with Crippen molar-refractivity contribution in [3.63, 3.8) is 0 Å². The highest BCUT2D eigenvalue weighted by molar-refractivity contribution is 7.89. The average molecular weight is 329 g/mol. The van der Waals surface area contributed by atoms with Gasteiger partial charge in [0, 0.05) is 17.6 Å². The lowest BCUT2D eigenvalue weighted by Crippen LogP contribution is -2.38. The van der Waals surface area contributed by atoms with Crippen LogP contribution in [0.2, 0.25) is 5.02 Å². The van der Waals surface area contributed by atoms with Gasteiger partial charge < -0.3 is 5.73 Å². The summed E-state index contributed by atoms with van der Waals surface area (Å²) >= 11 is 5.62. The van der Waals surface area contributed by atoms with Gasteiger partial charge in [0.15, 0.2) is 0 Å². The molecule has 108 valence electrons. The van der Waals surface area contributed by atoms with E-state index in [1.807, 2.05) is 0 Å². The van der Waals surface area contributed by atoms with E-state index in [4.69, 9.17) is 17.3 Å². The van der Waals surface area contributed by atoms with Crippen molar-refractivity contribution in [3.05, 3.63) is 29.0 Å². The second kappa shape index (κ2) is 6.37. The minimum atomic E-state index is -3.76. The standard InChI is InChI=1S/C11H14ClFN2O2S.ClH/c12-8-3-9(13)5-10(4-8)18(16,17)15-6-11(14)7-1-2-7;/h3-5,7,11,15H,1-2,6,14H2;1H.